The first-order valence-electron chi connectivity index (χ1n) is 16.0. The van der Waals surface area contributed by atoms with Crippen molar-refractivity contribution in [2.45, 2.75) is 52.4 Å². The first-order chi connectivity index (χ1) is 22.1. The molecule has 1 aliphatic rings. The number of nitrogens with zero attached hydrogens (tertiary/aromatic N) is 3. The molecule has 0 fully saturated rings. The number of benzene rings is 4. The third-order valence-electron chi connectivity index (χ3n) is 8.92. The molecule has 0 N–H and O–H groups in total. The van der Waals surface area contributed by atoms with E-state index in [2.05, 4.69) is 168 Å². The van der Waals surface area contributed by atoms with E-state index in [-0.39, 0.29) is 38.6 Å². The molecular formula is C42H38BN3Pt. The van der Waals surface area contributed by atoms with E-state index in [1.165, 1.54) is 16.6 Å². The summed E-state index contributed by atoms with van der Waals surface area (Å²) in [6, 6.07) is 46.5. The summed E-state index contributed by atoms with van der Waals surface area (Å²) in [5, 5.41) is 0. The number of rotatable bonds is 4. The minimum atomic E-state index is -0.0809. The maximum atomic E-state index is 4.81. The van der Waals surface area contributed by atoms with Crippen LogP contribution in [0.25, 0.3) is 22.5 Å². The summed E-state index contributed by atoms with van der Waals surface area (Å²) in [5.41, 5.74) is 13.2. The van der Waals surface area contributed by atoms with Crippen molar-refractivity contribution in [3.63, 3.8) is 0 Å². The summed E-state index contributed by atoms with van der Waals surface area (Å²) in [6.07, 6.45) is 3.83. The van der Waals surface area contributed by atoms with Gasteiger partial charge in [0.05, 0.1) is 0 Å². The SMILES string of the molecule is CC(C)(C)c1ccnc(-c2[c-]c(B3c4[c-]c(-c5cc(C(C)(C)C)ccn5)ccc4N(c4ccccc4)c4ccccc43)ccc2)c1.[Pt+2]. The molecule has 0 atom stereocenters. The van der Waals surface area contributed by atoms with Crippen LogP contribution in [0.1, 0.15) is 52.7 Å². The molecule has 3 heterocycles. The average Bonchev–Trinajstić information content (AvgIpc) is 3.06. The van der Waals surface area contributed by atoms with Gasteiger partial charge in [0.2, 0.25) is 6.71 Å². The fourth-order valence-electron chi connectivity index (χ4n) is 6.36. The average molecular weight is 791 g/mol. The molecule has 5 heteroatoms. The van der Waals surface area contributed by atoms with E-state index in [4.69, 9.17) is 9.97 Å². The zero-order valence-electron chi connectivity index (χ0n) is 27.8. The van der Waals surface area contributed by atoms with Gasteiger partial charge < -0.3 is 14.9 Å². The van der Waals surface area contributed by atoms with Gasteiger partial charge in [-0.05, 0) is 74.8 Å². The van der Waals surface area contributed by atoms with Crippen LogP contribution in [0.3, 0.4) is 0 Å². The van der Waals surface area contributed by atoms with Crippen LogP contribution < -0.4 is 21.3 Å². The first kappa shape index (κ1) is 32.7. The van der Waals surface area contributed by atoms with Crippen LogP contribution in [0.5, 0.6) is 0 Å². The van der Waals surface area contributed by atoms with E-state index in [0.29, 0.717) is 0 Å². The fraction of sp³-hybridized carbons (Fsp3) is 0.190. The number of fused-ring (bicyclic) bond motifs is 2. The summed E-state index contributed by atoms with van der Waals surface area (Å²) in [6.45, 7) is 13.3. The minimum Gasteiger partial charge on any atom is -0.353 e. The number of para-hydroxylation sites is 2. The maximum Gasteiger partial charge on any atom is 2.00 e. The normalized spacial score (nSPS) is 12.6. The molecule has 0 amide bonds. The molecule has 0 aliphatic carbocycles. The van der Waals surface area contributed by atoms with E-state index >= 15 is 0 Å². The molecule has 47 heavy (non-hydrogen) atoms. The number of hydrogen-bond donors (Lipinski definition) is 0. The van der Waals surface area contributed by atoms with Crippen molar-refractivity contribution in [2.75, 3.05) is 4.90 Å². The molecule has 0 bridgehead atoms. The number of hydrogen-bond acceptors (Lipinski definition) is 3. The Balaban J connectivity index is 0.00000386. The Bertz CT molecular complexity index is 2040. The quantitative estimate of drug-likeness (QED) is 0.133. The van der Waals surface area contributed by atoms with Crippen molar-refractivity contribution in [2.24, 2.45) is 0 Å². The molecule has 6 aromatic rings. The first-order valence-corrected chi connectivity index (χ1v) is 16.0. The molecule has 1 aliphatic heterocycles. The van der Waals surface area contributed by atoms with Gasteiger partial charge in [-0.25, -0.2) is 0 Å². The van der Waals surface area contributed by atoms with Crippen LogP contribution in [0.4, 0.5) is 17.1 Å². The zero-order valence-corrected chi connectivity index (χ0v) is 30.1. The van der Waals surface area contributed by atoms with Gasteiger partial charge in [-0.3, -0.25) is 0 Å². The van der Waals surface area contributed by atoms with E-state index in [1.807, 2.05) is 12.4 Å². The Labute approximate surface area is 294 Å². The summed E-state index contributed by atoms with van der Waals surface area (Å²) in [7, 11) is 0. The molecule has 0 unspecified atom stereocenters. The summed E-state index contributed by atoms with van der Waals surface area (Å²) in [4.78, 5) is 11.9. The van der Waals surface area contributed by atoms with E-state index < -0.39 is 0 Å². The van der Waals surface area contributed by atoms with Gasteiger partial charge in [0.15, 0.2) is 0 Å². The minimum absolute atomic E-state index is 0. The Morgan fingerprint density at radius 3 is 1.81 bits per heavy atom. The van der Waals surface area contributed by atoms with Crippen molar-refractivity contribution in [3.05, 3.63) is 145 Å². The Hall–Kier alpha value is -4.27. The van der Waals surface area contributed by atoms with E-state index in [9.17, 15) is 0 Å². The molecule has 7 rings (SSSR count). The largest absolute Gasteiger partial charge is 2.00 e. The number of anilines is 3. The van der Waals surface area contributed by atoms with Gasteiger partial charge in [-0.2, -0.15) is 5.46 Å². The topological polar surface area (TPSA) is 29.0 Å². The smallest absolute Gasteiger partial charge is 0.353 e. The van der Waals surface area contributed by atoms with Crippen LogP contribution >= 0.6 is 0 Å². The van der Waals surface area contributed by atoms with Crippen LogP contribution in [0.15, 0.2) is 122 Å². The van der Waals surface area contributed by atoms with Gasteiger partial charge in [0, 0.05) is 23.8 Å². The maximum absolute atomic E-state index is 4.81. The third-order valence-corrected chi connectivity index (χ3v) is 8.92. The number of aromatic nitrogens is 2. The zero-order chi connectivity index (χ0) is 32.1. The summed E-state index contributed by atoms with van der Waals surface area (Å²) >= 11 is 0. The molecule has 3 nitrogen and oxygen atoms in total. The van der Waals surface area contributed by atoms with Crippen molar-refractivity contribution in [3.8, 4) is 22.5 Å². The second-order valence-electron chi connectivity index (χ2n) is 14.2. The van der Waals surface area contributed by atoms with Crippen LogP contribution in [0.2, 0.25) is 0 Å². The predicted octanol–water partition coefficient (Wildman–Crippen LogP) is 8.30. The molecular weight excluding hydrogens is 752 g/mol. The Morgan fingerprint density at radius 2 is 1.17 bits per heavy atom. The summed E-state index contributed by atoms with van der Waals surface area (Å²) in [5.74, 6) is 0. The van der Waals surface area contributed by atoms with Gasteiger partial charge in [0.1, 0.15) is 0 Å². The van der Waals surface area contributed by atoms with Gasteiger partial charge in [-0.1, -0.05) is 90.1 Å². The van der Waals surface area contributed by atoms with Crippen molar-refractivity contribution in [1.29, 1.82) is 0 Å². The molecule has 4 aromatic carbocycles. The summed E-state index contributed by atoms with van der Waals surface area (Å²) < 4.78 is 0. The second-order valence-corrected chi connectivity index (χ2v) is 14.2. The Kier molecular flexibility index (Phi) is 8.85. The van der Waals surface area contributed by atoms with Crippen molar-refractivity contribution < 1.29 is 21.1 Å². The standard InChI is InChI=1S/C42H38BN3.Pt/c1-41(2,3)31-21-23-44-37(27-31)29-13-12-14-33(25-29)43-35-17-10-11-18-39(35)46(34-15-8-7-9-16-34)40-20-19-30(26-36(40)43)38-28-32(22-24-45-38)42(4,5)6;/h7-24,27-28H,1-6H3;/q-2;+2. The van der Waals surface area contributed by atoms with Crippen LogP contribution in [-0.4, -0.2) is 16.7 Å². The molecule has 2 aromatic heterocycles. The van der Waals surface area contributed by atoms with Gasteiger partial charge >= 0.3 is 21.1 Å². The van der Waals surface area contributed by atoms with Crippen LogP contribution in [-0.2, 0) is 31.9 Å². The Morgan fingerprint density at radius 1 is 0.574 bits per heavy atom. The molecule has 0 saturated heterocycles. The van der Waals surface area contributed by atoms with Gasteiger partial charge in [-0.15, -0.1) is 59.1 Å². The van der Waals surface area contributed by atoms with E-state index in [1.54, 1.807) is 0 Å². The van der Waals surface area contributed by atoms with E-state index in [0.717, 1.165) is 50.5 Å². The monoisotopic (exact) mass is 790 g/mol. The van der Waals surface area contributed by atoms with Crippen molar-refractivity contribution in [1.82, 2.24) is 9.97 Å². The molecule has 0 saturated carbocycles. The molecule has 0 radical (unpaired) electrons. The third kappa shape index (κ3) is 6.37. The molecule has 234 valence electrons. The predicted molar refractivity (Wildman–Crippen MR) is 194 cm³/mol. The second kappa shape index (κ2) is 12.7. The van der Waals surface area contributed by atoms with Crippen molar-refractivity contribution >= 4 is 40.2 Å². The van der Waals surface area contributed by atoms with Gasteiger partial charge in [0.25, 0.3) is 0 Å². The van der Waals surface area contributed by atoms with Crippen LogP contribution in [0, 0.1) is 12.1 Å². The number of pyridine rings is 2. The fourth-order valence-corrected chi connectivity index (χ4v) is 6.36. The molecule has 0 spiro atoms.